The van der Waals surface area contributed by atoms with Crippen LogP contribution in [0.4, 0.5) is 0 Å². The number of aromatic nitrogens is 2. The number of carboxylic acids is 1. The molecule has 2 N–H and O–H groups in total. The summed E-state index contributed by atoms with van der Waals surface area (Å²) in [5, 5.41) is 21.3. The van der Waals surface area contributed by atoms with E-state index in [-0.39, 0.29) is 5.69 Å². The second-order valence-electron chi connectivity index (χ2n) is 2.57. The second kappa shape index (κ2) is 2.94. The fraction of sp³-hybridized carbons (Fsp3) is 0.429. The first kappa shape index (κ1) is 8.73. The number of hydrogen-bond acceptors (Lipinski definition) is 3. The molecule has 0 spiro atoms. The van der Waals surface area contributed by atoms with Crippen LogP contribution < -0.4 is 0 Å². The minimum Gasteiger partial charge on any atom is -0.479 e. The summed E-state index contributed by atoms with van der Waals surface area (Å²) in [6.45, 7) is 1.78. The van der Waals surface area contributed by atoms with Crippen LogP contribution in [0, 0.1) is 6.92 Å². The molecule has 1 heterocycles. The van der Waals surface area contributed by atoms with E-state index in [1.54, 1.807) is 20.0 Å². The van der Waals surface area contributed by atoms with Crippen molar-refractivity contribution in [1.82, 2.24) is 9.78 Å². The Balaban J connectivity index is 2.96. The summed E-state index contributed by atoms with van der Waals surface area (Å²) < 4.78 is 1.52. The Hall–Kier alpha value is -1.36. The minimum atomic E-state index is -1.52. The third kappa shape index (κ3) is 1.45. The lowest BCUT2D eigenvalue weighted by Crippen LogP contribution is -2.11. The van der Waals surface area contributed by atoms with Crippen LogP contribution in [0.15, 0.2) is 6.07 Å². The Bertz CT molecular complexity index is 286. The molecule has 0 aliphatic heterocycles. The largest absolute Gasteiger partial charge is 0.479 e. The van der Waals surface area contributed by atoms with Crippen LogP contribution in [-0.2, 0) is 11.8 Å². The molecule has 0 radical (unpaired) electrons. The highest BCUT2D eigenvalue weighted by Gasteiger charge is 2.19. The molecule has 1 aromatic heterocycles. The smallest absolute Gasteiger partial charge is 0.338 e. The fourth-order valence-electron chi connectivity index (χ4n) is 0.849. The van der Waals surface area contributed by atoms with Crippen LogP contribution in [0.25, 0.3) is 0 Å². The molecule has 1 rings (SSSR count). The molecule has 1 atom stereocenters. The van der Waals surface area contributed by atoms with Gasteiger partial charge in [0, 0.05) is 12.7 Å². The van der Waals surface area contributed by atoms with Crippen molar-refractivity contribution in [3.05, 3.63) is 17.5 Å². The first-order chi connectivity index (χ1) is 5.52. The maximum atomic E-state index is 10.3. The number of aliphatic hydroxyl groups is 1. The summed E-state index contributed by atoms with van der Waals surface area (Å²) in [5.74, 6) is -1.28. The average Bonchev–Trinajstić information content (AvgIpc) is 2.30. The van der Waals surface area contributed by atoms with E-state index in [9.17, 15) is 4.79 Å². The van der Waals surface area contributed by atoms with Gasteiger partial charge in [0.2, 0.25) is 0 Å². The van der Waals surface area contributed by atoms with Gasteiger partial charge in [-0.15, -0.1) is 0 Å². The van der Waals surface area contributed by atoms with E-state index < -0.39 is 12.1 Å². The zero-order valence-electron chi connectivity index (χ0n) is 6.85. The first-order valence-electron chi connectivity index (χ1n) is 3.44. The molecule has 5 nitrogen and oxygen atoms in total. The lowest BCUT2D eigenvalue weighted by molar-refractivity contribution is -0.147. The molecule has 0 aromatic carbocycles. The molecule has 12 heavy (non-hydrogen) atoms. The molecule has 0 aliphatic rings. The molecule has 0 aliphatic carbocycles. The van der Waals surface area contributed by atoms with E-state index in [1.165, 1.54) is 4.68 Å². The van der Waals surface area contributed by atoms with Crippen LogP contribution >= 0.6 is 0 Å². The third-order valence-electron chi connectivity index (χ3n) is 1.65. The molecule has 0 saturated heterocycles. The Morgan fingerprint density at radius 3 is 2.67 bits per heavy atom. The fourth-order valence-corrected chi connectivity index (χ4v) is 0.849. The molecule has 0 fully saturated rings. The number of aliphatic carboxylic acids is 1. The monoisotopic (exact) mass is 170 g/mol. The number of aryl methyl sites for hydroxylation is 2. The van der Waals surface area contributed by atoms with Crippen molar-refractivity contribution in [3.8, 4) is 0 Å². The van der Waals surface area contributed by atoms with Crippen LogP contribution in [0.2, 0.25) is 0 Å². The van der Waals surface area contributed by atoms with Crippen molar-refractivity contribution in [2.24, 2.45) is 7.05 Å². The number of nitrogens with zero attached hydrogens (tertiary/aromatic N) is 2. The molecule has 1 unspecified atom stereocenters. The number of carbonyl (C=O) groups is 1. The number of rotatable bonds is 2. The maximum Gasteiger partial charge on any atom is 0.338 e. The summed E-state index contributed by atoms with van der Waals surface area (Å²) >= 11 is 0. The number of hydrogen-bond donors (Lipinski definition) is 2. The van der Waals surface area contributed by atoms with Crippen molar-refractivity contribution >= 4 is 5.97 Å². The van der Waals surface area contributed by atoms with Gasteiger partial charge >= 0.3 is 5.97 Å². The molecule has 5 heteroatoms. The van der Waals surface area contributed by atoms with Crippen LogP contribution in [-0.4, -0.2) is 26.0 Å². The minimum absolute atomic E-state index is 0.169. The van der Waals surface area contributed by atoms with E-state index in [0.29, 0.717) is 0 Å². The van der Waals surface area contributed by atoms with E-state index >= 15 is 0 Å². The molecular weight excluding hydrogens is 160 g/mol. The van der Waals surface area contributed by atoms with Gasteiger partial charge in [-0.25, -0.2) is 4.79 Å². The highest BCUT2D eigenvalue weighted by molar-refractivity contribution is 5.73. The van der Waals surface area contributed by atoms with Crippen LogP contribution in [0.1, 0.15) is 17.5 Å². The Morgan fingerprint density at radius 2 is 2.33 bits per heavy atom. The molecule has 0 saturated carbocycles. The second-order valence-corrected chi connectivity index (χ2v) is 2.57. The molecular formula is C7H10N2O3. The number of aliphatic hydroxyl groups excluding tert-OH is 1. The van der Waals surface area contributed by atoms with E-state index in [4.69, 9.17) is 10.2 Å². The van der Waals surface area contributed by atoms with Crippen molar-refractivity contribution in [2.75, 3.05) is 0 Å². The summed E-state index contributed by atoms with van der Waals surface area (Å²) in [6.07, 6.45) is -1.52. The van der Waals surface area contributed by atoms with Crippen molar-refractivity contribution in [1.29, 1.82) is 0 Å². The van der Waals surface area contributed by atoms with Gasteiger partial charge in [-0.3, -0.25) is 4.68 Å². The summed E-state index contributed by atoms with van der Waals surface area (Å²) in [5.41, 5.74) is 0.979. The number of carboxylic acid groups (broad SMARTS) is 1. The van der Waals surface area contributed by atoms with Crippen molar-refractivity contribution < 1.29 is 15.0 Å². The SMILES string of the molecule is Cc1cc(C(O)C(=O)O)nn1C. The lowest BCUT2D eigenvalue weighted by atomic mass is 10.2. The molecule has 0 amide bonds. The van der Waals surface area contributed by atoms with Gasteiger partial charge in [-0.1, -0.05) is 0 Å². The van der Waals surface area contributed by atoms with Crippen LogP contribution in [0.3, 0.4) is 0 Å². The standard InChI is InChI=1S/C7H10N2O3/c1-4-3-5(8-9(4)2)6(10)7(11)12/h3,6,10H,1-2H3,(H,11,12). The van der Waals surface area contributed by atoms with Crippen molar-refractivity contribution in [3.63, 3.8) is 0 Å². The van der Waals surface area contributed by atoms with E-state index in [0.717, 1.165) is 5.69 Å². The Morgan fingerprint density at radius 1 is 1.75 bits per heavy atom. The van der Waals surface area contributed by atoms with Gasteiger partial charge in [0.15, 0.2) is 6.10 Å². The zero-order valence-corrected chi connectivity index (χ0v) is 6.85. The van der Waals surface area contributed by atoms with E-state index in [2.05, 4.69) is 5.10 Å². The normalized spacial score (nSPS) is 12.9. The van der Waals surface area contributed by atoms with Gasteiger partial charge in [0.25, 0.3) is 0 Å². The molecule has 1 aromatic rings. The summed E-state index contributed by atoms with van der Waals surface area (Å²) in [7, 11) is 1.69. The quantitative estimate of drug-likeness (QED) is 0.647. The predicted molar refractivity (Wildman–Crippen MR) is 40.5 cm³/mol. The maximum absolute atomic E-state index is 10.3. The topological polar surface area (TPSA) is 75.3 Å². The highest BCUT2D eigenvalue weighted by atomic mass is 16.4. The molecule has 0 bridgehead atoms. The van der Waals surface area contributed by atoms with Gasteiger partial charge in [-0.2, -0.15) is 5.10 Å². The predicted octanol–water partition coefficient (Wildman–Crippen LogP) is -0.153. The summed E-state index contributed by atoms with van der Waals surface area (Å²) in [6, 6.07) is 1.54. The van der Waals surface area contributed by atoms with Crippen molar-refractivity contribution in [2.45, 2.75) is 13.0 Å². The van der Waals surface area contributed by atoms with Gasteiger partial charge in [0.05, 0.1) is 0 Å². The van der Waals surface area contributed by atoms with Gasteiger partial charge in [0.1, 0.15) is 5.69 Å². The Kier molecular flexibility index (Phi) is 2.14. The van der Waals surface area contributed by atoms with Gasteiger partial charge in [-0.05, 0) is 13.0 Å². The zero-order chi connectivity index (χ0) is 9.30. The molecule has 66 valence electrons. The first-order valence-corrected chi connectivity index (χ1v) is 3.44. The third-order valence-corrected chi connectivity index (χ3v) is 1.65. The highest BCUT2D eigenvalue weighted by Crippen LogP contribution is 2.11. The lowest BCUT2D eigenvalue weighted by Gasteiger charge is -1.98. The summed E-state index contributed by atoms with van der Waals surface area (Å²) in [4.78, 5) is 10.3. The van der Waals surface area contributed by atoms with Gasteiger partial charge < -0.3 is 10.2 Å². The average molecular weight is 170 g/mol. The van der Waals surface area contributed by atoms with E-state index in [1.807, 2.05) is 0 Å². The Labute approximate surface area is 69.2 Å². The van der Waals surface area contributed by atoms with Crippen LogP contribution in [0.5, 0.6) is 0 Å².